The smallest absolute Gasteiger partial charge is 0.0522 e. The molecular formula is C14H15ClO. The lowest BCUT2D eigenvalue weighted by atomic mass is 9.82. The van der Waals surface area contributed by atoms with Crippen LogP contribution >= 0.6 is 11.6 Å². The zero-order valence-electron chi connectivity index (χ0n) is 9.50. The highest BCUT2D eigenvalue weighted by atomic mass is 35.5. The van der Waals surface area contributed by atoms with Gasteiger partial charge in [-0.1, -0.05) is 49.7 Å². The molecule has 1 nitrogen and oxygen atoms in total. The van der Waals surface area contributed by atoms with Gasteiger partial charge < -0.3 is 5.11 Å². The summed E-state index contributed by atoms with van der Waals surface area (Å²) in [5.41, 5.74) is 0.888. The molecule has 0 saturated heterocycles. The maximum absolute atomic E-state index is 9.44. The second-order valence-corrected chi connectivity index (χ2v) is 5.15. The molecule has 0 heterocycles. The molecule has 0 radical (unpaired) electrons. The molecule has 0 spiro atoms. The second-order valence-electron chi connectivity index (χ2n) is 4.71. The highest BCUT2D eigenvalue weighted by Gasteiger charge is 2.21. The Labute approximate surface area is 101 Å². The highest BCUT2D eigenvalue weighted by Crippen LogP contribution is 2.31. The van der Waals surface area contributed by atoms with E-state index in [1.165, 1.54) is 0 Å². The quantitative estimate of drug-likeness (QED) is 0.839. The van der Waals surface area contributed by atoms with Crippen LogP contribution in [0.2, 0.25) is 5.02 Å². The van der Waals surface area contributed by atoms with Crippen LogP contribution < -0.4 is 0 Å². The lowest BCUT2D eigenvalue weighted by Gasteiger charge is -2.24. The standard InChI is InChI=1S/C14H15ClO/c1-14(2,9-16)13-5-3-4-10-6-7-11(15)8-12(10)13/h3-8,16H,9H2,1-2H3. The largest absolute Gasteiger partial charge is 0.395 e. The number of aliphatic hydroxyl groups excluding tert-OH is 1. The van der Waals surface area contributed by atoms with E-state index >= 15 is 0 Å². The molecule has 0 unspecified atom stereocenters. The van der Waals surface area contributed by atoms with Crippen LogP contribution in [0.1, 0.15) is 19.4 Å². The monoisotopic (exact) mass is 234 g/mol. The van der Waals surface area contributed by atoms with Crippen molar-refractivity contribution < 1.29 is 5.11 Å². The molecule has 2 aromatic carbocycles. The van der Waals surface area contributed by atoms with E-state index in [1.807, 2.05) is 38.1 Å². The first kappa shape index (κ1) is 11.4. The third-order valence-corrected chi connectivity index (χ3v) is 3.20. The van der Waals surface area contributed by atoms with Crippen molar-refractivity contribution in [2.45, 2.75) is 19.3 Å². The fraction of sp³-hybridized carbons (Fsp3) is 0.286. The van der Waals surface area contributed by atoms with Gasteiger partial charge in [0.2, 0.25) is 0 Å². The van der Waals surface area contributed by atoms with E-state index < -0.39 is 0 Å². The van der Waals surface area contributed by atoms with Gasteiger partial charge in [-0.2, -0.15) is 0 Å². The molecule has 0 atom stereocenters. The second kappa shape index (κ2) is 4.08. The maximum Gasteiger partial charge on any atom is 0.0522 e. The number of halogens is 1. The van der Waals surface area contributed by atoms with E-state index in [0.717, 1.165) is 21.4 Å². The Morgan fingerprint density at radius 3 is 2.62 bits per heavy atom. The van der Waals surface area contributed by atoms with Gasteiger partial charge in [-0.3, -0.25) is 0 Å². The topological polar surface area (TPSA) is 20.2 Å². The van der Waals surface area contributed by atoms with Crippen LogP contribution in [-0.2, 0) is 5.41 Å². The minimum atomic E-state index is -0.246. The zero-order chi connectivity index (χ0) is 11.8. The van der Waals surface area contributed by atoms with Crippen molar-refractivity contribution >= 4 is 22.4 Å². The van der Waals surface area contributed by atoms with Gasteiger partial charge >= 0.3 is 0 Å². The van der Waals surface area contributed by atoms with Crippen LogP contribution in [0.3, 0.4) is 0 Å². The van der Waals surface area contributed by atoms with Crippen molar-refractivity contribution in [2.24, 2.45) is 0 Å². The molecule has 0 fully saturated rings. The summed E-state index contributed by atoms with van der Waals surface area (Å²) in [5.74, 6) is 0. The normalized spacial score (nSPS) is 12.0. The number of rotatable bonds is 2. The summed E-state index contributed by atoms with van der Waals surface area (Å²) in [7, 11) is 0. The van der Waals surface area contributed by atoms with E-state index in [1.54, 1.807) is 0 Å². The van der Waals surface area contributed by atoms with E-state index in [9.17, 15) is 5.11 Å². The Morgan fingerprint density at radius 1 is 1.19 bits per heavy atom. The van der Waals surface area contributed by atoms with Crippen LogP contribution in [0.15, 0.2) is 36.4 Å². The summed E-state index contributed by atoms with van der Waals surface area (Å²) in [6.07, 6.45) is 0. The van der Waals surface area contributed by atoms with Gasteiger partial charge in [0, 0.05) is 10.4 Å². The molecule has 2 heteroatoms. The molecular weight excluding hydrogens is 220 g/mol. The Hall–Kier alpha value is -1.05. The first-order valence-electron chi connectivity index (χ1n) is 5.34. The molecule has 84 valence electrons. The van der Waals surface area contributed by atoms with Crippen molar-refractivity contribution in [1.29, 1.82) is 0 Å². The summed E-state index contributed by atoms with van der Waals surface area (Å²) < 4.78 is 0. The molecule has 0 aromatic heterocycles. The fourth-order valence-corrected chi connectivity index (χ4v) is 2.09. The average Bonchev–Trinajstić information content (AvgIpc) is 2.28. The van der Waals surface area contributed by atoms with Crippen LogP contribution in [0.25, 0.3) is 10.8 Å². The lowest BCUT2D eigenvalue weighted by Crippen LogP contribution is -2.22. The SMILES string of the molecule is CC(C)(CO)c1cccc2ccc(Cl)cc12. The number of hydrogen-bond acceptors (Lipinski definition) is 1. The predicted molar refractivity (Wildman–Crippen MR) is 69.1 cm³/mol. The Kier molecular flexibility index (Phi) is 2.92. The Bertz CT molecular complexity index is 517. The molecule has 1 N–H and O–H groups in total. The van der Waals surface area contributed by atoms with Gasteiger partial charge in [-0.05, 0) is 28.5 Å². The van der Waals surface area contributed by atoms with Crippen LogP contribution in [0, 0.1) is 0 Å². The summed E-state index contributed by atoms with van der Waals surface area (Å²) in [6.45, 7) is 4.18. The molecule has 0 bridgehead atoms. The number of aliphatic hydroxyl groups is 1. The summed E-state index contributed by atoms with van der Waals surface area (Å²) >= 11 is 6.02. The molecule has 0 saturated carbocycles. The molecule has 2 rings (SSSR count). The van der Waals surface area contributed by atoms with E-state index in [2.05, 4.69) is 12.1 Å². The third kappa shape index (κ3) is 1.93. The minimum Gasteiger partial charge on any atom is -0.395 e. The van der Waals surface area contributed by atoms with Crippen LogP contribution in [-0.4, -0.2) is 11.7 Å². The lowest BCUT2D eigenvalue weighted by molar-refractivity contribution is 0.219. The van der Waals surface area contributed by atoms with Gasteiger partial charge in [0.1, 0.15) is 0 Å². The van der Waals surface area contributed by atoms with Gasteiger partial charge in [0.05, 0.1) is 6.61 Å². The maximum atomic E-state index is 9.44. The van der Waals surface area contributed by atoms with Crippen molar-refractivity contribution in [3.05, 3.63) is 47.0 Å². The van der Waals surface area contributed by atoms with E-state index in [-0.39, 0.29) is 12.0 Å². The van der Waals surface area contributed by atoms with Crippen molar-refractivity contribution in [2.75, 3.05) is 6.61 Å². The molecule has 0 aliphatic carbocycles. The summed E-state index contributed by atoms with van der Waals surface area (Å²) in [4.78, 5) is 0. The fourth-order valence-electron chi connectivity index (χ4n) is 1.92. The minimum absolute atomic E-state index is 0.124. The number of benzene rings is 2. The van der Waals surface area contributed by atoms with Crippen molar-refractivity contribution in [3.63, 3.8) is 0 Å². The van der Waals surface area contributed by atoms with Crippen molar-refractivity contribution in [3.8, 4) is 0 Å². The summed E-state index contributed by atoms with van der Waals surface area (Å²) in [6, 6.07) is 12.0. The first-order valence-corrected chi connectivity index (χ1v) is 5.72. The van der Waals surface area contributed by atoms with Gasteiger partial charge in [0.15, 0.2) is 0 Å². The number of hydrogen-bond donors (Lipinski definition) is 1. The number of fused-ring (bicyclic) bond motifs is 1. The highest BCUT2D eigenvalue weighted by molar-refractivity contribution is 6.31. The Balaban J connectivity index is 2.74. The van der Waals surface area contributed by atoms with Gasteiger partial charge in [0.25, 0.3) is 0 Å². The van der Waals surface area contributed by atoms with E-state index in [0.29, 0.717) is 0 Å². The van der Waals surface area contributed by atoms with Gasteiger partial charge in [-0.15, -0.1) is 0 Å². The molecule has 2 aromatic rings. The predicted octanol–water partition coefficient (Wildman–Crippen LogP) is 3.76. The zero-order valence-corrected chi connectivity index (χ0v) is 10.3. The molecule has 0 amide bonds. The first-order chi connectivity index (χ1) is 7.54. The van der Waals surface area contributed by atoms with Crippen LogP contribution in [0.4, 0.5) is 0 Å². The molecule has 16 heavy (non-hydrogen) atoms. The summed E-state index contributed by atoms with van der Waals surface area (Å²) in [5, 5.41) is 12.4. The van der Waals surface area contributed by atoms with Crippen LogP contribution in [0.5, 0.6) is 0 Å². The van der Waals surface area contributed by atoms with Crippen molar-refractivity contribution in [1.82, 2.24) is 0 Å². The average molecular weight is 235 g/mol. The third-order valence-electron chi connectivity index (χ3n) is 2.97. The van der Waals surface area contributed by atoms with Gasteiger partial charge in [-0.25, -0.2) is 0 Å². The van der Waals surface area contributed by atoms with E-state index in [4.69, 9.17) is 11.6 Å². The Morgan fingerprint density at radius 2 is 1.94 bits per heavy atom. The molecule has 0 aliphatic heterocycles. The molecule has 0 aliphatic rings.